The van der Waals surface area contributed by atoms with Gasteiger partial charge in [-0.3, -0.25) is 4.79 Å². The minimum absolute atomic E-state index is 0.0668. The van der Waals surface area contributed by atoms with Gasteiger partial charge in [-0.2, -0.15) is 0 Å². The quantitative estimate of drug-likeness (QED) is 0.727. The van der Waals surface area contributed by atoms with Crippen molar-refractivity contribution in [3.63, 3.8) is 0 Å². The normalized spacial score (nSPS) is 19.4. The lowest BCUT2D eigenvalue weighted by Crippen LogP contribution is -2.25. The summed E-state index contributed by atoms with van der Waals surface area (Å²) < 4.78 is 0. The molecule has 1 fully saturated rings. The minimum atomic E-state index is 0.0668. The summed E-state index contributed by atoms with van der Waals surface area (Å²) in [5.74, 6) is 2.90. The summed E-state index contributed by atoms with van der Waals surface area (Å²) >= 11 is 0. The molecule has 0 bridgehead atoms. The lowest BCUT2D eigenvalue weighted by Gasteiger charge is -2.19. The molecule has 1 atom stereocenters. The first-order valence-electron chi connectivity index (χ1n) is 6.10. The molecule has 2 heteroatoms. The predicted octanol–water partition coefficient (Wildman–Crippen LogP) is 2.63. The molecule has 2 nitrogen and oxygen atoms in total. The Morgan fingerprint density at radius 2 is 2.24 bits per heavy atom. The third-order valence-electron chi connectivity index (χ3n) is 3.16. The van der Waals surface area contributed by atoms with E-state index < -0.39 is 0 Å². The fraction of sp³-hybridized carbons (Fsp3) is 0.400. The van der Waals surface area contributed by atoms with E-state index in [9.17, 15) is 4.79 Å². The van der Waals surface area contributed by atoms with Gasteiger partial charge in [-0.15, -0.1) is 12.3 Å². The number of hydrogen-bond acceptors (Lipinski definition) is 1. The topological polar surface area (TPSA) is 20.3 Å². The van der Waals surface area contributed by atoms with Gasteiger partial charge in [-0.25, -0.2) is 0 Å². The first-order chi connectivity index (χ1) is 8.26. The number of benzene rings is 1. The second-order valence-electron chi connectivity index (χ2n) is 4.45. The Morgan fingerprint density at radius 1 is 1.47 bits per heavy atom. The monoisotopic (exact) mass is 227 g/mol. The number of nitrogens with zero attached hydrogens (tertiary/aromatic N) is 1. The smallest absolute Gasteiger partial charge is 0.228 e. The highest BCUT2D eigenvalue weighted by atomic mass is 16.2. The maximum absolute atomic E-state index is 11.9. The molecule has 0 N–H and O–H groups in total. The molecular formula is C15H17NO. The summed E-state index contributed by atoms with van der Waals surface area (Å²) in [5.41, 5.74) is 2.28. The van der Waals surface area contributed by atoms with Crippen LogP contribution in [0.25, 0.3) is 0 Å². The average molecular weight is 227 g/mol. The fourth-order valence-corrected chi connectivity index (χ4v) is 2.31. The Balaban J connectivity index is 2.28. The Kier molecular flexibility index (Phi) is 3.49. The number of aryl methyl sites for hydroxylation is 1. The van der Waals surface area contributed by atoms with E-state index in [4.69, 9.17) is 6.42 Å². The summed E-state index contributed by atoms with van der Waals surface area (Å²) in [4.78, 5) is 13.8. The second-order valence-corrected chi connectivity index (χ2v) is 4.45. The Morgan fingerprint density at radius 3 is 2.88 bits per heavy atom. The van der Waals surface area contributed by atoms with Gasteiger partial charge in [-0.05, 0) is 18.1 Å². The molecule has 0 saturated carbocycles. The van der Waals surface area contributed by atoms with Gasteiger partial charge in [0.05, 0.1) is 0 Å². The molecule has 17 heavy (non-hydrogen) atoms. The largest absolute Gasteiger partial charge is 0.311 e. The molecular weight excluding hydrogens is 210 g/mol. The van der Waals surface area contributed by atoms with Crippen LogP contribution in [0.5, 0.6) is 0 Å². The van der Waals surface area contributed by atoms with Gasteiger partial charge in [-0.1, -0.05) is 31.5 Å². The third-order valence-corrected chi connectivity index (χ3v) is 3.16. The molecule has 1 unspecified atom stereocenters. The number of amides is 1. The highest BCUT2D eigenvalue weighted by Crippen LogP contribution is 2.28. The van der Waals surface area contributed by atoms with Crippen LogP contribution in [0.3, 0.4) is 0 Å². The van der Waals surface area contributed by atoms with E-state index >= 15 is 0 Å². The van der Waals surface area contributed by atoms with Gasteiger partial charge in [0.2, 0.25) is 5.91 Å². The summed E-state index contributed by atoms with van der Waals surface area (Å²) in [6, 6.07) is 8.11. The highest BCUT2D eigenvalue weighted by molar-refractivity contribution is 5.96. The van der Waals surface area contributed by atoms with E-state index in [1.54, 1.807) is 0 Å². The van der Waals surface area contributed by atoms with E-state index in [1.807, 2.05) is 23.1 Å². The average Bonchev–Trinajstić information content (AvgIpc) is 2.72. The number of carbonyl (C=O) groups is 1. The Hall–Kier alpha value is -1.75. The molecule has 1 aliphatic rings. The number of terminal acetylenes is 1. The van der Waals surface area contributed by atoms with Crippen molar-refractivity contribution < 1.29 is 4.79 Å². The molecule has 1 amide bonds. The molecule has 88 valence electrons. The van der Waals surface area contributed by atoms with E-state index in [0.717, 1.165) is 18.5 Å². The summed E-state index contributed by atoms with van der Waals surface area (Å²) in [5, 5.41) is 0. The minimum Gasteiger partial charge on any atom is -0.311 e. The van der Waals surface area contributed by atoms with E-state index in [2.05, 4.69) is 18.9 Å². The maximum atomic E-state index is 11.9. The SMILES string of the molecule is C#CC1CC(=O)N(c2ccccc2CCC)C1. The van der Waals surface area contributed by atoms with E-state index in [0.29, 0.717) is 13.0 Å². The summed E-state index contributed by atoms with van der Waals surface area (Å²) in [6.45, 7) is 2.81. The lowest BCUT2D eigenvalue weighted by atomic mass is 10.1. The maximum Gasteiger partial charge on any atom is 0.228 e. The van der Waals surface area contributed by atoms with Crippen LogP contribution in [-0.4, -0.2) is 12.5 Å². The molecule has 1 aliphatic heterocycles. The van der Waals surface area contributed by atoms with Crippen molar-refractivity contribution in [2.45, 2.75) is 26.2 Å². The van der Waals surface area contributed by atoms with Crippen LogP contribution in [0.4, 0.5) is 5.69 Å². The first-order valence-corrected chi connectivity index (χ1v) is 6.10. The molecule has 1 heterocycles. The van der Waals surface area contributed by atoms with Crippen molar-refractivity contribution in [1.82, 2.24) is 0 Å². The molecule has 0 radical (unpaired) electrons. The van der Waals surface area contributed by atoms with Crippen LogP contribution < -0.4 is 4.90 Å². The van der Waals surface area contributed by atoms with Gasteiger partial charge in [0.25, 0.3) is 0 Å². The number of carbonyl (C=O) groups excluding carboxylic acids is 1. The number of hydrogen-bond donors (Lipinski definition) is 0. The third kappa shape index (κ3) is 2.34. The zero-order valence-electron chi connectivity index (χ0n) is 10.1. The van der Waals surface area contributed by atoms with Crippen LogP contribution in [0.1, 0.15) is 25.3 Å². The van der Waals surface area contributed by atoms with Gasteiger partial charge in [0, 0.05) is 24.6 Å². The van der Waals surface area contributed by atoms with Crippen molar-refractivity contribution >= 4 is 11.6 Å². The van der Waals surface area contributed by atoms with E-state index in [-0.39, 0.29) is 11.8 Å². The van der Waals surface area contributed by atoms with Crippen LogP contribution in [0.15, 0.2) is 24.3 Å². The highest BCUT2D eigenvalue weighted by Gasteiger charge is 2.30. The van der Waals surface area contributed by atoms with Crippen molar-refractivity contribution in [1.29, 1.82) is 0 Å². The lowest BCUT2D eigenvalue weighted by molar-refractivity contribution is -0.117. The van der Waals surface area contributed by atoms with Crippen molar-refractivity contribution in [3.05, 3.63) is 29.8 Å². The number of rotatable bonds is 3. The zero-order chi connectivity index (χ0) is 12.3. The summed E-state index contributed by atoms with van der Waals surface area (Å²) in [7, 11) is 0. The molecule has 1 aromatic carbocycles. The number of para-hydroxylation sites is 1. The fourth-order valence-electron chi connectivity index (χ4n) is 2.31. The van der Waals surface area contributed by atoms with Crippen molar-refractivity contribution in [3.8, 4) is 12.3 Å². The zero-order valence-corrected chi connectivity index (χ0v) is 10.1. The van der Waals surface area contributed by atoms with Crippen molar-refractivity contribution in [2.24, 2.45) is 5.92 Å². The molecule has 2 rings (SSSR count). The Bertz CT molecular complexity index is 458. The molecule has 0 spiro atoms. The van der Waals surface area contributed by atoms with Crippen LogP contribution in [0.2, 0.25) is 0 Å². The predicted molar refractivity (Wildman–Crippen MR) is 69.7 cm³/mol. The van der Waals surface area contributed by atoms with Crippen LogP contribution in [-0.2, 0) is 11.2 Å². The van der Waals surface area contributed by atoms with Gasteiger partial charge in [0.15, 0.2) is 0 Å². The molecule has 1 saturated heterocycles. The van der Waals surface area contributed by atoms with Crippen LogP contribution >= 0.6 is 0 Å². The second kappa shape index (κ2) is 5.05. The van der Waals surface area contributed by atoms with Gasteiger partial charge in [0.1, 0.15) is 0 Å². The summed E-state index contributed by atoms with van der Waals surface area (Å²) in [6.07, 6.45) is 7.97. The first kappa shape index (κ1) is 11.7. The number of anilines is 1. The standard InChI is InChI=1S/C15H17NO/c1-3-7-13-8-5-6-9-14(13)16-11-12(4-2)10-15(16)17/h2,5-6,8-9,12H,3,7,10-11H2,1H3. The molecule has 0 aliphatic carbocycles. The van der Waals surface area contributed by atoms with Crippen LogP contribution in [0, 0.1) is 18.3 Å². The van der Waals surface area contributed by atoms with Gasteiger partial charge < -0.3 is 4.90 Å². The van der Waals surface area contributed by atoms with E-state index in [1.165, 1.54) is 5.56 Å². The van der Waals surface area contributed by atoms with Crippen molar-refractivity contribution in [2.75, 3.05) is 11.4 Å². The molecule has 0 aromatic heterocycles. The Labute approximate surface area is 103 Å². The van der Waals surface area contributed by atoms with Gasteiger partial charge >= 0.3 is 0 Å². The molecule has 1 aromatic rings.